The molecule has 1 heterocycles. The number of aliphatic hydroxyl groups excluding tert-OH is 1. The number of nitrogens with one attached hydrogen (secondary N) is 1. The van der Waals surface area contributed by atoms with Crippen LogP contribution in [0.15, 0.2) is 18.2 Å². The monoisotopic (exact) mass is 359 g/mol. The topological polar surface area (TPSA) is 108 Å². The van der Waals surface area contributed by atoms with Crippen LogP contribution in [-0.4, -0.2) is 40.0 Å². The van der Waals surface area contributed by atoms with Gasteiger partial charge in [-0.25, -0.2) is 0 Å². The number of rotatable bonds is 3. The van der Waals surface area contributed by atoms with E-state index in [0.717, 1.165) is 19.3 Å². The Bertz CT molecular complexity index is 582. The molecule has 0 amide bonds. The fraction of sp³-hybridized carbons (Fsp3) is 0.625. The largest absolute Gasteiger partial charge is 0.486 e. The lowest BCUT2D eigenvalue weighted by atomic mass is 9.94. The van der Waals surface area contributed by atoms with Crippen LogP contribution in [0.25, 0.3) is 0 Å². The number of benzene rings is 1. The maximum Gasteiger partial charge on any atom is 0.350 e. The van der Waals surface area contributed by atoms with Crippen molar-refractivity contribution in [2.24, 2.45) is 0 Å². The number of hydrogen-bond acceptors (Lipinski definition) is 5. The summed E-state index contributed by atoms with van der Waals surface area (Å²) in [7, 11) is -4.25. The van der Waals surface area contributed by atoms with E-state index >= 15 is 0 Å². The Labute approximate surface area is 142 Å². The quantitative estimate of drug-likeness (QED) is 0.615. The van der Waals surface area contributed by atoms with Gasteiger partial charge in [0.25, 0.3) is 0 Å². The molecule has 1 aromatic carbocycles. The summed E-state index contributed by atoms with van der Waals surface area (Å²) >= 11 is 0. The summed E-state index contributed by atoms with van der Waals surface area (Å²) in [4.78, 5) is 19.6. The second-order valence-electron chi connectivity index (χ2n) is 5.94. The number of fused-ring (bicyclic) bond motifs is 1. The number of anilines is 1. The minimum absolute atomic E-state index is 0.250. The summed E-state index contributed by atoms with van der Waals surface area (Å²) in [6.45, 7) is 2.94. The molecule has 3 rings (SSSR count). The zero-order valence-corrected chi connectivity index (χ0v) is 14.8. The van der Waals surface area contributed by atoms with Crippen molar-refractivity contribution in [1.82, 2.24) is 0 Å². The van der Waals surface area contributed by atoms with Crippen LogP contribution in [0.3, 0.4) is 0 Å². The fourth-order valence-corrected chi connectivity index (χ4v) is 4.19. The van der Waals surface area contributed by atoms with Crippen LogP contribution in [0.4, 0.5) is 5.69 Å². The van der Waals surface area contributed by atoms with Crippen molar-refractivity contribution < 1.29 is 28.9 Å². The summed E-state index contributed by atoms with van der Waals surface area (Å²) in [5, 5.41) is 9.50. The standard InChI is InChI=1S/C14H20NO5P.C2H6O/c16-21(17,18)14(6-2-1-3-7-14)15-11-4-5-12-13(10-11)20-9-8-19-12;1-2-3/h4-5,10,15H,1-3,6-9H2,(H2,16,17,18);3H,2H2,1H3. The Morgan fingerprint density at radius 3 is 2.29 bits per heavy atom. The molecule has 1 saturated carbocycles. The summed E-state index contributed by atoms with van der Waals surface area (Å²) in [5.74, 6) is 1.28. The molecule has 1 aliphatic heterocycles. The zero-order valence-electron chi connectivity index (χ0n) is 13.9. The van der Waals surface area contributed by atoms with Gasteiger partial charge in [0.15, 0.2) is 11.5 Å². The molecule has 0 radical (unpaired) electrons. The summed E-state index contributed by atoms with van der Waals surface area (Å²) < 4.78 is 22.9. The molecule has 0 saturated heterocycles. The van der Waals surface area contributed by atoms with Gasteiger partial charge in [0.2, 0.25) is 0 Å². The molecule has 1 fully saturated rings. The van der Waals surface area contributed by atoms with Gasteiger partial charge in [-0.05, 0) is 31.9 Å². The first-order chi connectivity index (χ1) is 11.4. The highest BCUT2D eigenvalue weighted by atomic mass is 31.2. The van der Waals surface area contributed by atoms with Crippen molar-refractivity contribution in [2.75, 3.05) is 25.1 Å². The fourth-order valence-electron chi connectivity index (χ4n) is 3.02. The lowest BCUT2D eigenvalue weighted by molar-refractivity contribution is 0.171. The Hall–Kier alpha value is -1.27. The van der Waals surface area contributed by atoms with Gasteiger partial charge in [-0.2, -0.15) is 0 Å². The average molecular weight is 359 g/mol. The first-order valence-electron chi connectivity index (χ1n) is 8.26. The van der Waals surface area contributed by atoms with Crippen LogP contribution in [0.5, 0.6) is 11.5 Å². The zero-order chi connectivity index (χ0) is 17.6. The molecule has 0 unspecified atom stereocenters. The van der Waals surface area contributed by atoms with Crippen LogP contribution in [0, 0.1) is 0 Å². The number of hydrogen-bond donors (Lipinski definition) is 4. The summed E-state index contributed by atoms with van der Waals surface area (Å²) in [6, 6.07) is 5.30. The van der Waals surface area contributed by atoms with Gasteiger partial charge in [0.05, 0.1) is 0 Å². The molecule has 1 aromatic rings. The van der Waals surface area contributed by atoms with Crippen molar-refractivity contribution in [1.29, 1.82) is 0 Å². The molecule has 1 aliphatic carbocycles. The number of ether oxygens (including phenoxy) is 2. The molecular weight excluding hydrogens is 333 g/mol. The van der Waals surface area contributed by atoms with Gasteiger partial charge in [-0.15, -0.1) is 0 Å². The van der Waals surface area contributed by atoms with Gasteiger partial charge in [0.1, 0.15) is 18.5 Å². The molecular formula is C16H26NO6P. The lowest BCUT2D eigenvalue weighted by Crippen LogP contribution is -2.40. The third-order valence-corrected chi connectivity index (χ3v) is 5.83. The molecule has 2 aliphatic rings. The Kier molecular flexibility index (Phi) is 6.52. The Balaban J connectivity index is 0.000000647. The third-order valence-electron chi connectivity index (χ3n) is 4.16. The lowest BCUT2D eigenvalue weighted by Gasteiger charge is -2.39. The Morgan fingerprint density at radius 2 is 1.71 bits per heavy atom. The maximum atomic E-state index is 12.0. The molecule has 136 valence electrons. The average Bonchev–Trinajstić information content (AvgIpc) is 2.55. The van der Waals surface area contributed by atoms with E-state index in [1.54, 1.807) is 25.1 Å². The minimum Gasteiger partial charge on any atom is -0.486 e. The molecule has 0 aromatic heterocycles. The predicted octanol–water partition coefficient (Wildman–Crippen LogP) is 2.71. The van der Waals surface area contributed by atoms with E-state index in [1.807, 2.05) is 0 Å². The third kappa shape index (κ3) is 4.42. The summed E-state index contributed by atoms with van der Waals surface area (Å²) in [6.07, 6.45) is 3.62. The van der Waals surface area contributed by atoms with Crippen molar-refractivity contribution in [3.8, 4) is 11.5 Å². The van der Waals surface area contributed by atoms with Crippen LogP contribution in [0.1, 0.15) is 39.0 Å². The molecule has 0 bridgehead atoms. The van der Waals surface area contributed by atoms with Gasteiger partial charge in [-0.1, -0.05) is 19.3 Å². The predicted molar refractivity (Wildman–Crippen MR) is 91.7 cm³/mol. The Morgan fingerprint density at radius 1 is 1.12 bits per heavy atom. The van der Waals surface area contributed by atoms with Crippen LogP contribution in [-0.2, 0) is 4.57 Å². The van der Waals surface area contributed by atoms with Crippen molar-refractivity contribution in [2.45, 2.75) is 44.3 Å². The molecule has 4 N–H and O–H groups in total. The second kappa shape index (κ2) is 8.21. The normalized spacial score (nSPS) is 19.0. The molecule has 7 nitrogen and oxygen atoms in total. The summed E-state index contributed by atoms with van der Waals surface area (Å²) in [5.41, 5.74) is 0.657. The van der Waals surface area contributed by atoms with Crippen LogP contribution in [0.2, 0.25) is 0 Å². The van der Waals surface area contributed by atoms with E-state index < -0.39 is 12.9 Å². The minimum atomic E-state index is -4.25. The van der Waals surface area contributed by atoms with Crippen molar-refractivity contribution in [3.05, 3.63) is 18.2 Å². The van der Waals surface area contributed by atoms with Gasteiger partial charge in [-0.3, -0.25) is 4.57 Å². The van der Waals surface area contributed by atoms with Crippen LogP contribution < -0.4 is 14.8 Å². The highest BCUT2D eigenvalue weighted by Gasteiger charge is 2.47. The first kappa shape index (κ1) is 19.1. The van der Waals surface area contributed by atoms with Crippen LogP contribution >= 0.6 is 7.60 Å². The number of aliphatic hydroxyl groups is 1. The van der Waals surface area contributed by atoms with Gasteiger partial charge >= 0.3 is 7.60 Å². The van der Waals surface area contributed by atoms with Crippen molar-refractivity contribution in [3.63, 3.8) is 0 Å². The molecule has 8 heteroatoms. The highest BCUT2D eigenvalue weighted by molar-refractivity contribution is 7.53. The van der Waals surface area contributed by atoms with E-state index in [9.17, 15) is 14.4 Å². The van der Waals surface area contributed by atoms with E-state index in [2.05, 4.69) is 5.32 Å². The molecule has 24 heavy (non-hydrogen) atoms. The van der Waals surface area contributed by atoms with Crippen molar-refractivity contribution >= 4 is 13.3 Å². The first-order valence-corrected chi connectivity index (χ1v) is 9.87. The van der Waals surface area contributed by atoms with E-state index in [-0.39, 0.29) is 6.61 Å². The van der Waals surface area contributed by atoms with Gasteiger partial charge in [0, 0.05) is 18.4 Å². The smallest absolute Gasteiger partial charge is 0.350 e. The van der Waals surface area contributed by atoms with Gasteiger partial charge < -0.3 is 29.7 Å². The van der Waals surface area contributed by atoms with E-state index in [1.165, 1.54) is 0 Å². The molecule has 0 spiro atoms. The second-order valence-corrected chi connectivity index (χ2v) is 7.88. The van der Waals surface area contributed by atoms with E-state index in [0.29, 0.717) is 43.2 Å². The molecule has 0 atom stereocenters. The van der Waals surface area contributed by atoms with E-state index in [4.69, 9.17) is 14.6 Å². The highest BCUT2D eigenvalue weighted by Crippen LogP contribution is 2.57. The maximum absolute atomic E-state index is 12.0. The SMILES string of the molecule is CCO.O=P(O)(O)C1(Nc2ccc3c(c2)OCCO3)CCCCC1.